The Balaban J connectivity index is 1.40. The van der Waals surface area contributed by atoms with Gasteiger partial charge in [-0.15, -0.1) is 0 Å². The zero-order chi connectivity index (χ0) is 15.2. The summed E-state index contributed by atoms with van der Waals surface area (Å²) in [7, 11) is 0. The van der Waals surface area contributed by atoms with Crippen LogP contribution in [0.5, 0.6) is 0 Å². The first-order valence-electron chi connectivity index (χ1n) is 7.92. The van der Waals surface area contributed by atoms with Crippen molar-refractivity contribution in [1.82, 2.24) is 15.2 Å². The van der Waals surface area contributed by atoms with Crippen LogP contribution in [-0.4, -0.2) is 60.8 Å². The molecule has 3 heterocycles. The van der Waals surface area contributed by atoms with Crippen molar-refractivity contribution < 1.29 is 14.3 Å². The van der Waals surface area contributed by atoms with E-state index in [4.69, 9.17) is 9.47 Å². The van der Waals surface area contributed by atoms with Gasteiger partial charge in [-0.05, 0) is 24.5 Å². The molecule has 120 valence electrons. The molecule has 0 aromatic carbocycles. The number of carbonyl (C=O) groups excluding carboxylic acids is 1. The molecule has 0 unspecified atom stereocenters. The number of pyridine rings is 1. The maximum absolute atomic E-state index is 12.1. The number of nitrogens with zero attached hydrogens (tertiary/aromatic N) is 2. The van der Waals surface area contributed by atoms with E-state index in [0.29, 0.717) is 19.8 Å². The van der Waals surface area contributed by atoms with E-state index in [1.807, 2.05) is 12.3 Å². The Labute approximate surface area is 130 Å². The average Bonchev–Trinajstić information content (AvgIpc) is 2.58. The molecule has 3 rings (SSSR count). The molecule has 0 saturated carbocycles. The van der Waals surface area contributed by atoms with Crippen LogP contribution in [0.2, 0.25) is 0 Å². The first-order chi connectivity index (χ1) is 10.8. The molecule has 0 radical (unpaired) electrons. The minimum absolute atomic E-state index is 0.0367. The topological polar surface area (TPSA) is 63.7 Å². The summed E-state index contributed by atoms with van der Waals surface area (Å²) >= 11 is 0. The van der Waals surface area contributed by atoms with Gasteiger partial charge in [-0.1, -0.05) is 6.07 Å². The SMILES string of the molecule is O=C(NC1CCN(Cc2cccnc2)CC1)[C@H]1COCCO1. The molecule has 2 aliphatic rings. The van der Waals surface area contributed by atoms with Crippen molar-refractivity contribution in [1.29, 1.82) is 0 Å². The van der Waals surface area contributed by atoms with Gasteiger partial charge in [-0.3, -0.25) is 14.7 Å². The van der Waals surface area contributed by atoms with Gasteiger partial charge in [-0.25, -0.2) is 0 Å². The molecule has 1 atom stereocenters. The van der Waals surface area contributed by atoms with Crippen LogP contribution in [0.25, 0.3) is 0 Å². The Morgan fingerprint density at radius 1 is 1.36 bits per heavy atom. The molecule has 1 amide bonds. The third-order valence-corrected chi connectivity index (χ3v) is 4.17. The number of nitrogens with one attached hydrogen (secondary N) is 1. The molecular formula is C16H23N3O3. The predicted octanol–water partition coefficient (Wildman–Crippen LogP) is 0.578. The summed E-state index contributed by atoms with van der Waals surface area (Å²) in [6, 6.07) is 4.30. The summed E-state index contributed by atoms with van der Waals surface area (Å²) in [4.78, 5) is 18.7. The Morgan fingerprint density at radius 2 is 2.23 bits per heavy atom. The third-order valence-electron chi connectivity index (χ3n) is 4.17. The van der Waals surface area contributed by atoms with Gasteiger partial charge >= 0.3 is 0 Å². The van der Waals surface area contributed by atoms with E-state index in [0.717, 1.165) is 32.5 Å². The first kappa shape index (κ1) is 15.4. The monoisotopic (exact) mass is 305 g/mol. The summed E-state index contributed by atoms with van der Waals surface area (Å²) in [5.41, 5.74) is 1.23. The lowest BCUT2D eigenvalue weighted by atomic mass is 10.0. The molecular weight excluding hydrogens is 282 g/mol. The lowest BCUT2D eigenvalue weighted by Crippen LogP contribution is -2.50. The number of hydrogen-bond acceptors (Lipinski definition) is 5. The van der Waals surface area contributed by atoms with Crippen molar-refractivity contribution >= 4 is 5.91 Å². The van der Waals surface area contributed by atoms with Gasteiger partial charge in [0.25, 0.3) is 5.91 Å². The highest BCUT2D eigenvalue weighted by Crippen LogP contribution is 2.14. The third kappa shape index (κ3) is 4.25. The molecule has 1 aromatic heterocycles. The fraction of sp³-hybridized carbons (Fsp3) is 0.625. The number of rotatable bonds is 4. The molecule has 6 heteroatoms. The van der Waals surface area contributed by atoms with Crippen LogP contribution in [0.3, 0.4) is 0 Å². The molecule has 1 aromatic rings. The van der Waals surface area contributed by atoms with E-state index in [-0.39, 0.29) is 11.9 Å². The van der Waals surface area contributed by atoms with Crippen molar-refractivity contribution in [2.45, 2.75) is 31.5 Å². The number of amides is 1. The van der Waals surface area contributed by atoms with Crippen LogP contribution in [0.15, 0.2) is 24.5 Å². The van der Waals surface area contributed by atoms with Gasteiger partial charge in [0.2, 0.25) is 0 Å². The maximum atomic E-state index is 12.1. The largest absolute Gasteiger partial charge is 0.376 e. The molecule has 2 fully saturated rings. The second kappa shape index (κ2) is 7.67. The Hall–Kier alpha value is -1.50. The zero-order valence-corrected chi connectivity index (χ0v) is 12.7. The second-order valence-electron chi connectivity index (χ2n) is 5.85. The summed E-state index contributed by atoms with van der Waals surface area (Å²) in [6.45, 7) is 4.35. The van der Waals surface area contributed by atoms with Crippen molar-refractivity contribution in [2.24, 2.45) is 0 Å². The number of likely N-dealkylation sites (tertiary alicyclic amines) is 1. The summed E-state index contributed by atoms with van der Waals surface area (Å²) < 4.78 is 10.7. The second-order valence-corrected chi connectivity index (χ2v) is 5.85. The molecule has 6 nitrogen and oxygen atoms in total. The molecule has 0 bridgehead atoms. The van der Waals surface area contributed by atoms with Crippen LogP contribution in [-0.2, 0) is 20.8 Å². The number of ether oxygens (including phenoxy) is 2. The molecule has 0 spiro atoms. The van der Waals surface area contributed by atoms with Crippen molar-refractivity contribution in [2.75, 3.05) is 32.9 Å². The number of piperidine rings is 1. The van der Waals surface area contributed by atoms with E-state index in [2.05, 4.69) is 21.3 Å². The highest BCUT2D eigenvalue weighted by Gasteiger charge is 2.26. The van der Waals surface area contributed by atoms with E-state index in [1.165, 1.54) is 5.56 Å². The molecule has 22 heavy (non-hydrogen) atoms. The van der Waals surface area contributed by atoms with Crippen LogP contribution in [0.1, 0.15) is 18.4 Å². The van der Waals surface area contributed by atoms with Gasteiger partial charge in [0.1, 0.15) is 0 Å². The number of aromatic nitrogens is 1. The predicted molar refractivity (Wildman–Crippen MR) is 81.2 cm³/mol. The van der Waals surface area contributed by atoms with Crippen LogP contribution < -0.4 is 5.32 Å². The Bertz CT molecular complexity index is 469. The van der Waals surface area contributed by atoms with Crippen LogP contribution in [0, 0.1) is 0 Å². The Kier molecular flexibility index (Phi) is 5.37. The maximum Gasteiger partial charge on any atom is 0.251 e. The van der Waals surface area contributed by atoms with Crippen LogP contribution in [0.4, 0.5) is 0 Å². The summed E-state index contributed by atoms with van der Waals surface area (Å²) in [5.74, 6) is -0.0367. The van der Waals surface area contributed by atoms with Crippen LogP contribution >= 0.6 is 0 Å². The van der Waals surface area contributed by atoms with Gasteiger partial charge < -0.3 is 14.8 Å². The highest BCUT2D eigenvalue weighted by atomic mass is 16.6. The van der Waals surface area contributed by atoms with E-state index in [1.54, 1.807) is 6.20 Å². The van der Waals surface area contributed by atoms with Gasteiger partial charge in [0.05, 0.1) is 19.8 Å². The van der Waals surface area contributed by atoms with Crippen molar-refractivity contribution in [3.63, 3.8) is 0 Å². The van der Waals surface area contributed by atoms with E-state index < -0.39 is 6.10 Å². The summed E-state index contributed by atoms with van der Waals surface area (Å²) in [5, 5.41) is 3.09. The smallest absolute Gasteiger partial charge is 0.251 e. The minimum atomic E-state index is -0.442. The fourth-order valence-corrected chi connectivity index (χ4v) is 2.92. The summed E-state index contributed by atoms with van der Waals surface area (Å²) in [6.07, 6.45) is 5.21. The standard InChI is InChI=1S/C16H23N3O3/c20-16(15-12-21-8-9-22-15)18-14-3-6-19(7-4-14)11-13-2-1-5-17-10-13/h1-2,5,10,14-15H,3-4,6-9,11-12H2,(H,18,20)/t15-/m1/s1. The van der Waals surface area contributed by atoms with Crippen molar-refractivity contribution in [3.05, 3.63) is 30.1 Å². The van der Waals surface area contributed by atoms with E-state index >= 15 is 0 Å². The first-order valence-corrected chi connectivity index (χ1v) is 7.92. The van der Waals surface area contributed by atoms with Gasteiger partial charge in [0.15, 0.2) is 6.10 Å². The quantitative estimate of drug-likeness (QED) is 0.881. The fourth-order valence-electron chi connectivity index (χ4n) is 2.92. The average molecular weight is 305 g/mol. The molecule has 2 saturated heterocycles. The minimum Gasteiger partial charge on any atom is -0.376 e. The molecule has 1 N–H and O–H groups in total. The lowest BCUT2D eigenvalue weighted by molar-refractivity contribution is -0.148. The normalized spacial score (nSPS) is 24.1. The molecule has 0 aliphatic carbocycles. The molecule has 2 aliphatic heterocycles. The zero-order valence-electron chi connectivity index (χ0n) is 12.7. The number of carbonyl (C=O) groups is 1. The highest BCUT2D eigenvalue weighted by molar-refractivity contribution is 5.81. The number of hydrogen-bond donors (Lipinski definition) is 1. The van der Waals surface area contributed by atoms with Gasteiger partial charge in [-0.2, -0.15) is 0 Å². The van der Waals surface area contributed by atoms with E-state index in [9.17, 15) is 4.79 Å². The van der Waals surface area contributed by atoms with Crippen molar-refractivity contribution in [3.8, 4) is 0 Å². The lowest BCUT2D eigenvalue weighted by Gasteiger charge is -2.33. The van der Waals surface area contributed by atoms with Gasteiger partial charge in [0, 0.05) is 38.1 Å². The Morgan fingerprint density at radius 3 is 2.91 bits per heavy atom.